The highest BCUT2D eigenvalue weighted by atomic mass is 35.5. The molecule has 1 saturated heterocycles. The molecule has 0 spiro atoms. The maximum absolute atomic E-state index is 6.33. The van der Waals surface area contributed by atoms with Crippen molar-refractivity contribution in [2.45, 2.75) is 18.9 Å². The fourth-order valence-corrected chi connectivity index (χ4v) is 3.40. The van der Waals surface area contributed by atoms with Crippen LogP contribution < -0.4 is 5.73 Å². The third-order valence-corrected chi connectivity index (χ3v) is 4.89. The van der Waals surface area contributed by atoms with Crippen molar-refractivity contribution in [2.75, 3.05) is 39.3 Å². The van der Waals surface area contributed by atoms with E-state index in [2.05, 4.69) is 15.9 Å². The van der Waals surface area contributed by atoms with Gasteiger partial charge in [-0.3, -0.25) is 4.90 Å². The van der Waals surface area contributed by atoms with E-state index in [0.717, 1.165) is 37.1 Å². The lowest BCUT2D eigenvalue weighted by molar-refractivity contribution is 0.0956. The molecule has 0 aromatic heterocycles. The summed E-state index contributed by atoms with van der Waals surface area (Å²) in [6.07, 6.45) is 2.87. The largest absolute Gasteiger partial charge is 0.329 e. The summed E-state index contributed by atoms with van der Waals surface area (Å²) in [5, 5.41) is 0.836. The first-order valence-electron chi connectivity index (χ1n) is 7.69. The molecule has 2 aliphatic rings. The van der Waals surface area contributed by atoms with Crippen molar-refractivity contribution in [3.63, 3.8) is 0 Å². The Morgan fingerprint density at radius 2 is 1.85 bits per heavy atom. The fraction of sp³-hybridized carbons (Fsp3) is 0.625. The molecule has 0 radical (unpaired) electrons. The molecule has 2 N–H and O–H groups in total. The first-order chi connectivity index (χ1) is 9.78. The lowest BCUT2D eigenvalue weighted by atomic mass is 10.0. The van der Waals surface area contributed by atoms with Gasteiger partial charge in [0.15, 0.2) is 0 Å². The van der Waals surface area contributed by atoms with Crippen LogP contribution in [0.5, 0.6) is 0 Å². The molecule has 1 unspecified atom stereocenters. The van der Waals surface area contributed by atoms with Gasteiger partial charge < -0.3 is 10.6 Å². The quantitative estimate of drug-likeness (QED) is 0.905. The van der Waals surface area contributed by atoms with Crippen molar-refractivity contribution in [3.8, 4) is 0 Å². The van der Waals surface area contributed by atoms with E-state index in [1.165, 1.54) is 24.9 Å². The average Bonchev–Trinajstić information content (AvgIpc) is 3.27. The molecule has 4 heteroatoms. The molecule has 2 fully saturated rings. The highest BCUT2D eigenvalue weighted by Gasteiger charge is 2.29. The van der Waals surface area contributed by atoms with Gasteiger partial charge in [0.1, 0.15) is 0 Å². The number of hydrogen-bond acceptors (Lipinski definition) is 3. The number of nitrogens with two attached hydrogens (primary N) is 1. The van der Waals surface area contributed by atoms with Gasteiger partial charge in [0, 0.05) is 50.3 Å². The van der Waals surface area contributed by atoms with E-state index in [1.807, 2.05) is 18.2 Å². The van der Waals surface area contributed by atoms with Crippen molar-refractivity contribution in [1.82, 2.24) is 9.80 Å². The van der Waals surface area contributed by atoms with Gasteiger partial charge in [-0.1, -0.05) is 29.8 Å². The van der Waals surface area contributed by atoms with E-state index >= 15 is 0 Å². The Hall–Kier alpha value is -0.610. The summed E-state index contributed by atoms with van der Waals surface area (Å²) in [6.45, 7) is 6.45. The average molecular weight is 294 g/mol. The lowest BCUT2D eigenvalue weighted by Gasteiger charge is -2.39. The molecule has 0 bridgehead atoms. The van der Waals surface area contributed by atoms with Crippen LogP contribution in [0.25, 0.3) is 0 Å². The highest BCUT2D eigenvalue weighted by molar-refractivity contribution is 6.31. The summed E-state index contributed by atoms with van der Waals surface area (Å²) in [5.74, 6) is 0.982. The summed E-state index contributed by atoms with van der Waals surface area (Å²) in [6, 6.07) is 8.35. The molecular weight excluding hydrogens is 270 g/mol. The molecule has 3 nitrogen and oxygen atoms in total. The van der Waals surface area contributed by atoms with Crippen molar-refractivity contribution in [1.29, 1.82) is 0 Å². The Labute approximate surface area is 126 Å². The summed E-state index contributed by atoms with van der Waals surface area (Å²) in [5.41, 5.74) is 7.19. The van der Waals surface area contributed by atoms with Gasteiger partial charge in [0.05, 0.1) is 0 Å². The van der Waals surface area contributed by atoms with Crippen LogP contribution in [-0.4, -0.2) is 49.1 Å². The third-order valence-electron chi connectivity index (χ3n) is 4.55. The monoisotopic (exact) mass is 293 g/mol. The van der Waals surface area contributed by atoms with Crippen molar-refractivity contribution in [3.05, 3.63) is 34.9 Å². The summed E-state index contributed by atoms with van der Waals surface area (Å²) < 4.78 is 0. The van der Waals surface area contributed by atoms with Crippen LogP contribution >= 0.6 is 11.6 Å². The number of rotatable bonds is 5. The molecular formula is C16H24ClN3. The summed E-state index contributed by atoms with van der Waals surface area (Å²) in [7, 11) is 0. The molecule has 1 heterocycles. The van der Waals surface area contributed by atoms with E-state index in [-0.39, 0.29) is 6.04 Å². The molecule has 1 aromatic rings. The minimum atomic E-state index is 0.256. The van der Waals surface area contributed by atoms with E-state index in [9.17, 15) is 0 Å². The maximum atomic E-state index is 6.33. The van der Waals surface area contributed by atoms with Crippen LogP contribution in [0.4, 0.5) is 0 Å². The maximum Gasteiger partial charge on any atom is 0.0486 e. The zero-order valence-electron chi connectivity index (χ0n) is 12.0. The molecule has 1 saturated carbocycles. The van der Waals surface area contributed by atoms with E-state index in [0.29, 0.717) is 6.54 Å². The molecule has 110 valence electrons. The second-order valence-electron chi connectivity index (χ2n) is 6.05. The van der Waals surface area contributed by atoms with Crippen LogP contribution in [0.15, 0.2) is 24.3 Å². The van der Waals surface area contributed by atoms with E-state index < -0.39 is 0 Å². The second kappa shape index (κ2) is 6.44. The zero-order valence-corrected chi connectivity index (χ0v) is 12.7. The van der Waals surface area contributed by atoms with Gasteiger partial charge in [-0.15, -0.1) is 0 Å². The number of benzene rings is 1. The second-order valence-corrected chi connectivity index (χ2v) is 6.46. The lowest BCUT2D eigenvalue weighted by Crippen LogP contribution is -2.49. The van der Waals surface area contributed by atoms with Crippen LogP contribution in [0, 0.1) is 5.92 Å². The Morgan fingerprint density at radius 1 is 1.15 bits per heavy atom. The smallest absolute Gasteiger partial charge is 0.0486 e. The van der Waals surface area contributed by atoms with Gasteiger partial charge in [-0.25, -0.2) is 0 Å². The van der Waals surface area contributed by atoms with Crippen LogP contribution in [0.3, 0.4) is 0 Å². The van der Waals surface area contributed by atoms with Gasteiger partial charge in [0.2, 0.25) is 0 Å². The number of piperazine rings is 1. The van der Waals surface area contributed by atoms with Gasteiger partial charge >= 0.3 is 0 Å². The molecule has 1 aliphatic heterocycles. The molecule has 20 heavy (non-hydrogen) atoms. The van der Waals surface area contributed by atoms with Gasteiger partial charge in [0.25, 0.3) is 0 Å². The van der Waals surface area contributed by atoms with Crippen LogP contribution in [0.1, 0.15) is 24.4 Å². The normalized spacial score (nSPS) is 22.9. The topological polar surface area (TPSA) is 32.5 Å². The van der Waals surface area contributed by atoms with Crippen molar-refractivity contribution in [2.24, 2.45) is 11.7 Å². The minimum absolute atomic E-state index is 0.256. The Balaban J connectivity index is 1.61. The zero-order chi connectivity index (χ0) is 13.9. The highest BCUT2D eigenvalue weighted by Crippen LogP contribution is 2.31. The molecule has 1 aromatic carbocycles. The van der Waals surface area contributed by atoms with E-state index in [4.69, 9.17) is 17.3 Å². The summed E-state index contributed by atoms with van der Waals surface area (Å²) in [4.78, 5) is 5.10. The van der Waals surface area contributed by atoms with E-state index in [1.54, 1.807) is 0 Å². The molecule has 1 aliphatic carbocycles. The Kier molecular flexibility index (Phi) is 4.61. The van der Waals surface area contributed by atoms with Crippen LogP contribution in [0.2, 0.25) is 5.02 Å². The third kappa shape index (κ3) is 3.34. The van der Waals surface area contributed by atoms with Gasteiger partial charge in [-0.2, -0.15) is 0 Å². The molecule has 1 atom stereocenters. The standard InChI is InChI=1S/C16H24ClN3/c17-15-4-2-1-3-14(15)16(11-18)20-9-7-19(8-10-20)12-13-5-6-13/h1-4,13,16H,5-12,18H2. The first kappa shape index (κ1) is 14.3. The van der Waals surface area contributed by atoms with Crippen LogP contribution in [-0.2, 0) is 0 Å². The molecule has 3 rings (SSSR count). The first-order valence-corrected chi connectivity index (χ1v) is 8.06. The fourth-order valence-electron chi connectivity index (χ4n) is 3.14. The predicted molar refractivity (Wildman–Crippen MR) is 84.0 cm³/mol. The number of hydrogen-bond donors (Lipinski definition) is 1. The molecule has 0 amide bonds. The Morgan fingerprint density at radius 3 is 2.45 bits per heavy atom. The summed E-state index contributed by atoms with van der Waals surface area (Å²) >= 11 is 6.33. The predicted octanol–water partition coefficient (Wildman–Crippen LogP) is 2.37. The van der Waals surface area contributed by atoms with Gasteiger partial charge in [-0.05, 0) is 30.4 Å². The van der Waals surface area contributed by atoms with Crippen molar-refractivity contribution < 1.29 is 0 Å². The Bertz CT molecular complexity index is 439. The van der Waals surface area contributed by atoms with Crippen molar-refractivity contribution >= 4 is 11.6 Å². The minimum Gasteiger partial charge on any atom is -0.329 e. The number of halogens is 1. The SMILES string of the molecule is NCC(c1ccccc1Cl)N1CCN(CC2CC2)CC1. The number of nitrogens with zero attached hydrogens (tertiary/aromatic N) is 2.